The van der Waals surface area contributed by atoms with Crippen LogP contribution in [0.25, 0.3) is 17.1 Å². The fourth-order valence-corrected chi connectivity index (χ4v) is 3.35. The van der Waals surface area contributed by atoms with Gasteiger partial charge < -0.3 is 9.47 Å². The molecule has 34 heavy (non-hydrogen) atoms. The minimum absolute atomic E-state index is 0.0140. The Hall–Kier alpha value is -4.48. The Balaban J connectivity index is 1.48. The maximum atomic E-state index is 12.3. The van der Waals surface area contributed by atoms with Crippen LogP contribution >= 0.6 is 0 Å². The number of halogens is 2. The van der Waals surface area contributed by atoms with Gasteiger partial charge >= 0.3 is 12.6 Å². The van der Waals surface area contributed by atoms with E-state index in [1.807, 2.05) is 0 Å². The molecule has 174 valence electrons. The number of methoxy groups -OCH3 is 1. The summed E-state index contributed by atoms with van der Waals surface area (Å²) in [5, 5.41) is 12.2. The van der Waals surface area contributed by atoms with Crippen molar-refractivity contribution in [1.82, 2.24) is 25.1 Å². The van der Waals surface area contributed by atoms with E-state index < -0.39 is 30.4 Å². The third-order valence-electron chi connectivity index (χ3n) is 4.98. The third kappa shape index (κ3) is 4.80. The van der Waals surface area contributed by atoms with E-state index in [2.05, 4.69) is 20.1 Å². The molecule has 0 bridgehead atoms. The van der Waals surface area contributed by atoms with E-state index in [9.17, 15) is 23.2 Å². The number of imide groups is 1. The quantitative estimate of drug-likeness (QED) is 0.363. The van der Waals surface area contributed by atoms with Gasteiger partial charge in [0.05, 0.1) is 12.8 Å². The van der Waals surface area contributed by atoms with E-state index in [-0.39, 0.29) is 18.0 Å². The van der Waals surface area contributed by atoms with E-state index in [1.54, 1.807) is 24.3 Å². The summed E-state index contributed by atoms with van der Waals surface area (Å²) in [4.78, 5) is 38.4. The molecule has 1 aliphatic heterocycles. The van der Waals surface area contributed by atoms with Crippen LogP contribution in [0.3, 0.4) is 0 Å². The highest BCUT2D eigenvalue weighted by Crippen LogP contribution is 2.21. The Kier molecular flexibility index (Phi) is 6.39. The number of hydrogen-bond acceptors (Lipinski definition) is 8. The van der Waals surface area contributed by atoms with Crippen molar-refractivity contribution >= 4 is 17.8 Å². The van der Waals surface area contributed by atoms with Gasteiger partial charge in [-0.25, -0.2) is 4.79 Å². The number of hydrogen-bond donors (Lipinski definition) is 0. The van der Waals surface area contributed by atoms with Crippen molar-refractivity contribution in [2.45, 2.75) is 19.1 Å². The van der Waals surface area contributed by atoms with Gasteiger partial charge in [0.25, 0.3) is 11.8 Å². The van der Waals surface area contributed by atoms with E-state index in [0.717, 1.165) is 17.1 Å². The first-order chi connectivity index (χ1) is 16.4. The zero-order valence-electron chi connectivity index (χ0n) is 17.7. The summed E-state index contributed by atoms with van der Waals surface area (Å²) in [6.45, 7) is -2.91. The molecule has 2 aromatic carbocycles. The lowest BCUT2D eigenvalue weighted by molar-refractivity contribution is -0.155. The van der Waals surface area contributed by atoms with Crippen molar-refractivity contribution < 1.29 is 32.6 Å². The van der Waals surface area contributed by atoms with Crippen LogP contribution in [0, 0.1) is 0 Å². The number of carbonyl (C=O) groups is 3. The number of aromatic nitrogens is 4. The lowest BCUT2D eigenvalue weighted by Gasteiger charge is -2.23. The summed E-state index contributed by atoms with van der Waals surface area (Å²) >= 11 is 0. The first-order valence-corrected chi connectivity index (χ1v) is 9.93. The van der Waals surface area contributed by atoms with Gasteiger partial charge in [-0.3, -0.25) is 14.5 Å². The maximum absolute atomic E-state index is 12.3. The van der Waals surface area contributed by atoms with Crippen LogP contribution in [-0.2, 0) is 25.5 Å². The molecule has 0 spiro atoms. The first-order valence-electron chi connectivity index (χ1n) is 9.93. The largest absolute Gasteiger partial charge is 0.467 e. The Morgan fingerprint density at radius 3 is 2.24 bits per heavy atom. The molecule has 0 fully saturated rings. The average Bonchev–Trinajstić information content (AvgIpc) is 3.45. The topological polar surface area (TPSA) is 117 Å². The maximum Gasteiger partial charge on any atom is 0.387 e. The van der Waals surface area contributed by atoms with Gasteiger partial charge in [0.15, 0.2) is 0 Å². The molecule has 2 heterocycles. The monoisotopic (exact) mass is 469 g/mol. The Labute approximate surface area is 191 Å². The normalized spacial score (nSPS) is 14.1. The zero-order valence-corrected chi connectivity index (χ0v) is 17.7. The van der Waals surface area contributed by atoms with Crippen molar-refractivity contribution in [3.63, 3.8) is 0 Å². The van der Waals surface area contributed by atoms with E-state index in [0.29, 0.717) is 16.8 Å². The molecule has 1 aromatic heterocycles. The molecule has 2 amide bonds. The van der Waals surface area contributed by atoms with E-state index >= 15 is 0 Å². The predicted octanol–water partition coefficient (Wildman–Crippen LogP) is 1.94. The molecule has 12 heteroatoms. The number of tetrazole rings is 1. The molecule has 3 aromatic rings. The fourth-order valence-electron chi connectivity index (χ4n) is 3.35. The Bertz CT molecular complexity index is 1220. The van der Waals surface area contributed by atoms with Gasteiger partial charge in [0, 0.05) is 24.1 Å². The molecular weight excluding hydrogens is 452 g/mol. The molecule has 0 aliphatic carbocycles. The summed E-state index contributed by atoms with van der Waals surface area (Å²) in [5.41, 5.74) is 1.78. The first kappa shape index (κ1) is 22.7. The summed E-state index contributed by atoms with van der Waals surface area (Å²) < 4.78 is 33.7. The highest BCUT2D eigenvalue weighted by atomic mass is 19.3. The SMILES string of the molecule is COC(=O)[C@H](Cc1ccc(-n2nnc(-c3ccc(OC(F)F)cc3)n2)cc1)N1C(=O)C=CC1=O. The lowest BCUT2D eigenvalue weighted by atomic mass is 10.0. The second-order valence-corrected chi connectivity index (χ2v) is 7.09. The number of nitrogens with zero attached hydrogens (tertiary/aromatic N) is 5. The van der Waals surface area contributed by atoms with Crippen molar-refractivity contribution in [3.8, 4) is 22.8 Å². The molecular formula is C22H17F2N5O5. The number of amides is 2. The van der Waals surface area contributed by atoms with Crippen molar-refractivity contribution in [1.29, 1.82) is 0 Å². The summed E-state index contributed by atoms with van der Waals surface area (Å²) in [5.74, 6) is -1.57. The van der Waals surface area contributed by atoms with Crippen molar-refractivity contribution in [2.24, 2.45) is 0 Å². The predicted molar refractivity (Wildman–Crippen MR) is 112 cm³/mol. The number of alkyl halides is 2. The fraction of sp³-hybridized carbons (Fsp3) is 0.182. The van der Waals surface area contributed by atoms with E-state index in [4.69, 9.17) is 4.74 Å². The van der Waals surface area contributed by atoms with Crippen LogP contribution in [0.2, 0.25) is 0 Å². The molecule has 1 atom stereocenters. The smallest absolute Gasteiger partial charge is 0.387 e. The van der Waals surface area contributed by atoms with Gasteiger partial charge in [-0.2, -0.15) is 8.78 Å². The molecule has 0 saturated carbocycles. The van der Waals surface area contributed by atoms with Crippen LogP contribution in [0.1, 0.15) is 5.56 Å². The minimum Gasteiger partial charge on any atom is -0.467 e. The Morgan fingerprint density at radius 1 is 1.00 bits per heavy atom. The number of ether oxygens (including phenoxy) is 2. The standard InChI is InChI=1S/C22H17F2N5O5/c1-33-21(32)17(28-18(30)10-11-19(28)31)12-13-2-6-15(7-3-13)29-26-20(25-27-29)14-4-8-16(9-5-14)34-22(23)24/h2-11,17,22H,12H2,1H3/t17-/m0/s1. The molecule has 1 aliphatic rings. The molecule has 0 saturated heterocycles. The van der Waals surface area contributed by atoms with Gasteiger partial charge in [0.2, 0.25) is 5.82 Å². The van der Waals surface area contributed by atoms with Crippen LogP contribution in [0.5, 0.6) is 5.75 Å². The zero-order chi connectivity index (χ0) is 24.2. The molecule has 10 nitrogen and oxygen atoms in total. The third-order valence-corrected chi connectivity index (χ3v) is 4.98. The second kappa shape index (κ2) is 9.57. The van der Waals surface area contributed by atoms with Crippen molar-refractivity contribution in [3.05, 3.63) is 66.2 Å². The summed E-state index contributed by atoms with van der Waals surface area (Å²) in [7, 11) is 1.18. The van der Waals surface area contributed by atoms with Crippen LogP contribution in [-0.4, -0.2) is 62.7 Å². The number of carbonyl (C=O) groups excluding carboxylic acids is 3. The van der Waals surface area contributed by atoms with Crippen molar-refractivity contribution in [2.75, 3.05) is 7.11 Å². The van der Waals surface area contributed by atoms with Crippen LogP contribution in [0.4, 0.5) is 8.78 Å². The number of benzene rings is 2. The van der Waals surface area contributed by atoms with Crippen LogP contribution < -0.4 is 4.74 Å². The van der Waals surface area contributed by atoms with Gasteiger partial charge in [-0.1, -0.05) is 12.1 Å². The number of esters is 1. The molecule has 4 rings (SSSR count). The second-order valence-electron chi connectivity index (χ2n) is 7.09. The average molecular weight is 469 g/mol. The molecule has 0 radical (unpaired) electrons. The highest BCUT2D eigenvalue weighted by Gasteiger charge is 2.36. The van der Waals surface area contributed by atoms with Crippen LogP contribution in [0.15, 0.2) is 60.7 Å². The van der Waals surface area contributed by atoms with E-state index in [1.165, 1.54) is 36.2 Å². The summed E-state index contributed by atoms with van der Waals surface area (Å²) in [6.07, 6.45) is 2.28. The van der Waals surface area contributed by atoms with Gasteiger partial charge in [-0.05, 0) is 47.2 Å². The van der Waals surface area contributed by atoms with Gasteiger partial charge in [0.1, 0.15) is 11.8 Å². The lowest BCUT2D eigenvalue weighted by Crippen LogP contribution is -2.46. The molecule has 0 unspecified atom stereocenters. The Morgan fingerprint density at radius 2 is 1.65 bits per heavy atom. The number of rotatable bonds is 8. The highest BCUT2D eigenvalue weighted by molar-refractivity contribution is 6.14. The van der Waals surface area contributed by atoms with Gasteiger partial charge in [-0.15, -0.1) is 15.0 Å². The molecule has 0 N–H and O–H groups in total. The minimum atomic E-state index is -2.91. The summed E-state index contributed by atoms with van der Waals surface area (Å²) in [6, 6.07) is 11.5.